The molecule has 7 nitrogen and oxygen atoms in total. The van der Waals surface area contributed by atoms with Crippen LogP contribution in [0.3, 0.4) is 0 Å². The van der Waals surface area contributed by atoms with Gasteiger partial charge in [-0.3, -0.25) is 9.63 Å². The quantitative estimate of drug-likeness (QED) is 0.296. The van der Waals surface area contributed by atoms with Crippen molar-refractivity contribution in [2.75, 3.05) is 19.5 Å². The fourth-order valence-electron chi connectivity index (χ4n) is 3.46. The second-order valence-corrected chi connectivity index (χ2v) is 8.10. The van der Waals surface area contributed by atoms with Crippen LogP contribution in [-0.2, 0) is 11.3 Å². The number of hydrogen-bond donors (Lipinski definition) is 1. The molecule has 2 heterocycles. The number of pyridine rings is 2. The molecule has 0 aliphatic heterocycles. The number of hydrogen-bond acceptors (Lipinski definition) is 6. The van der Waals surface area contributed by atoms with E-state index in [1.165, 1.54) is 7.11 Å². The molecule has 4 aromatic rings. The number of nitrogens with zero attached hydrogens (tertiary/aromatic N) is 3. The Kier molecular flexibility index (Phi) is 7.25. The molecule has 174 valence electrons. The number of fused-ring (bicyclic) bond motifs is 1. The van der Waals surface area contributed by atoms with Gasteiger partial charge in [0.1, 0.15) is 5.75 Å². The van der Waals surface area contributed by atoms with Gasteiger partial charge < -0.3 is 10.1 Å². The normalized spacial score (nSPS) is 10.8. The van der Waals surface area contributed by atoms with E-state index in [0.717, 1.165) is 34.7 Å². The summed E-state index contributed by atoms with van der Waals surface area (Å²) in [6.07, 6.45) is 3.66. The van der Waals surface area contributed by atoms with Crippen LogP contribution < -0.4 is 10.1 Å². The monoisotopic (exact) mass is 476 g/mol. The van der Waals surface area contributed by atoms with E-state index in [-0.39, 0.29) is 5.91 Å². The third kappa shape index (κ3) is 5.27. The lowest BCUT2D eigenvalue weighted by molar-refractivity contribution is -0.0757. The van der Waals surface area contributed by atoms with Gasteiger partial charge in [-0.1, -0.05) is 24.9 Å². The number of halogens is 1. The molecule has 0 radical (unpaired) electrons. The average Bonchev–Trinajstić information content (AvgIpc) is 2.85. The standard InChI is InChI=1S/C26H25ClN4O3/c1-4-5-19-9-12-21-22(14-15-28-25(21)29-19)30-23-16-18(27)8-13-24(23)34-20-10-6-17(7-11-20)26(32)31(2)33-3/h6-16H,4-5H2,1-3H3,(H,28,29,30). The van der Waals surface area contributed by atoms with Gasteiger partial charge in [0.05, 0.1) is 18.5 Å². The number of ether oxygens (including phenoxy) is 1. The van der Waals surface area contributed by atoms with Gasteiger partial charge in [-0.05, 0) is 67.1 Å². The number of amides is 1. The van der Waals surface area contributed by atoms with Crippen molar-refractivity contribution in [3.05, 3.63) is 83.1 Å². The third-order valence-corrected chi connectivity index (χ3v) is 5.50. The van der Waals surface area contributed by atoms with E-state index in [1.807, 2.05) is 18.2 Å². The van der Waals surface area contributed by atoms with Crippen molar-refractivity contribution in [1.29, 1.82) is 0 Å². The minimum atomic E-state index is -0.247. The first-order valence-corrected chi connectivity index (χ1v) is 11.3. The molecule has 0 atom stereocenters. The van der Waals surface area contributed by atoms with E-state index in [0.29, 0.717) is 33.4 Å². The van der Waals surface area contributed by atoms with E-state index in [1.54, 1.807) is 55.7 Å². The van der Waals surface area contributed by atoms with Crippen LogP contribution in [0.25, 0.3) is 11.0 Å². The van der Waals surface area contributed by atoms with Gasteiger partial charge in [0.2, 0.25) is 0 Å². The van der Waals surface area contributed by atoms with Gasteiger partial charge >= 0.3 is 0 Å². The molecule has 0 bridgehead atoms. The highest BCUT2D eigenvalue weighted by atomic mass is 35.5. The summed E-state index contributed by atoms with van der Waals surface area (Å²) in [5.41, 5.74) is 3.73. The summed E-state index contributed by atoms with van der Waals surface area (Å²) in [5.74, 6) is 0.911. The van der Waals surface area contributed by atoms with E-state index < -0.39 is 0 Å². The van der Waals surface area contributed by atoms with Gasteiger partial charge in [0.25, 0.3) is 5.91 Å². The summed E-state index contributed by atoms with van der Waals surface area (Å²) < 4.78 is 6.11. The summed E-state index contributed by atoms with van der Waals surface area (Å²) in [5, 5.41) is 6.05. The minimum Gasteiger partial charge on any atom is -0.455 e. The molecule has 0 spiro atoms. The lowest BCUT2D eigenvalue weighted by atomic mass is 10.1. The summed E-state index contributed by atoms with van der Waals surface area (Å²) in [4.78, 5) is 26.3. The molecule has 2 aromatic carbocycles. The Morgan fingerprint density at radius 1 is 1.06 bits per heavy atom. The highest BCUT2D eigenvalue weighted by Gasteiger charge is 2.13. The first-order valence-electron chi connectivity index (χ1n) is 10.9. The van der Waals surface area contributed by atoms with Crippen molar-refractivity contribution in [2.24, 2.45) is 0 Å². The largest absolute Gasteiger partial charge is 0.455 e. The van der Waals surface area contributed by atoms with Crippen molar-refractivity contribution in [2.45, 2.75) is 19.8 Å². The molecule has 0 aliphatic rings. The Labute approximate surface area is 203 Å². The molecule has 0 saturated heterocycles. The van der Waals surface area contributed by atoms with Crippen LogP contribution in [0.15, 0.2) is 66.9 Å². The van der Waals surface area contributed by atoms with Gasteiger partial charge in [-0.25, -0.2) is 15.0 Å². The zero-order valence-electron chi connectivity index (χ0n) is 19.2. The van der Waals surface area contributed by atoms with Gasteiger partial charge in [-0.2, -0.15) is 0 Å². The molecule has 0 saturated carbocycles. The SMILES string of the molecule is CCCc1ccc2c(Nc3cc(Cl)ccc3Oc3ccc(C(=O)N(C)OC)cc3)ccnc2n1. The molecular formula is C26H25ClN4O3. The highest BCUT2D eigenvalue weighted by Crippen LogP contribution is 2.35. The molecule has 2 aromatic heterocycles. The summed E-state index contributed by atoms with van der Waals surface area (Å²) >= 11 is 6.28. The van der Waals surface area contributed by atoms with E-state index in [4.69, 9.17) is 21.2 Å². The topological polar surface area (TPSA) is 76.6 Å². The maximum Gasteiger partial charge on any atom is 0.277 e. The number of aryl methyl sites for hydroxylation is 1. The molecule has 0 aliphatic carbocycles. The molecule has 1 N–H and O–H groups in total. The van der Waals surface area contributed by atoms with E-state index >= 15 is 0 Å². The first-order chi connectivity index (χ1) is 16.5. The molecule has 4 rings (SSSR count). The Morgan fingerprint density at radius 3 is 2.59 bits per heavy atom. The van der Waals surface area contributed by atoms with Crippen molar-refractivity contribution >= 4 is 39.9 Å². The fraction of sp³-hybridized carbons (Fsp3) is 0.192. The van der Waals surface area contributed by atoms with Crippen LogP contribution in [-0.4, -0.2) is 35.1 Å². The maximum absolute atomic E-state index is 12.2. The fourth-order valence-corrected chi connectivity index (χ4v) is 3.64. The number of aromatic nitrogens is 2. The molecule has 0 unspecified atom stereocenters. The number of nitrogens with one attached hydrogen (secondary N) is 1. The van der Waals surface area contributed by atoms with E-state index in [9.17, 15) is 4.79 Å². The van der Waals surface area contributed by atoms with Crippen LogP contribution in [0.4, 0.5) is 11.4 Å². The zero-order chi connectivity index (χ0) is 24.1. The lowest BCUT2D eigenvalue weighted by Crippen LogP contribution is -2.25. The predicted octanol–water partition coefficient (Wildman–Crippen LogP) is 6.41. The van der Waals surface area contributed by atoms with Gasteiger partial charge in [0.15, 0.2) is 11.4 Å². The molecule has 34 heavy (non-hydrogen) atoms. The van der Waals surface area contributed by atoms with Crippen LogP contribution >= 0.6 is 11.6 Å². The number of carbonyl (C=O) groups excluding carboxylic acids is 1. The third-order valence-electron chi connectivity index (χ3n) is 5.27. The van der Waals surface area contributed by atoms with Crippen LogP contribution in [0.1, 0.15) is 29.4 Å². The van der Waals surface area contributed by atoms with Crippen molar-refractivity contribution in [3.8, 4) is 11.5 Å². The second kappa shape index (κ2) is 10.5. The Bertz CT molecular complexity index is 1310. The number of benzene rings is 2. The number of carbonyl (C=O) groups is 1. The smallest absolute Gasteiger partial charge is 0.277 e. The average molecular weight is 477 g/mol. The van der Waals surface area contributed by atoms with Gasteiger partial charge in [-0.15, -0.1) is 0 Å². The number of hydroxylamine groups is 2. The van der Waals surface area contributed by atoms with Crippen molar-refractivity contribution < 1.29 is 14.4 Å². The van der Waals surface area contributed by atoms with Crippen molar-refractivity contribution in [1.82, 2.24) is 15.0 Å². The zero-order valence-corrected chi connectivity index (χ0v) is 20.0. The van der Waals surface area contributed by atoms with E-state index in [2.05, 4.69) is 22.2 Å². The first kappa shape index (κ1) is 23.5. The van der Waals surface area contributed by atoms with Gasteiger partial charge in [0, 0.05) is 34.9 Å². The Morgan fingerprint density at radius 2 is 1.85 bits per heavy atom. The second-order valence-electron chi connectivity index (χ2n) is 7.66. The minimum absolute atomic E-state index is 0.247. The Hall–Kier alpha value is -3.68. The maximum atomic E-state index is 12.2. The summed E-state index contributed by atoms with van der Waals surface area (Å²) in [6, 6.07) is 18.1. The number of anilines is 2. The Balaban J connectivity index is 1.60. The summed E-state index contributed by atoms with van der Waals surface area (Å²) in [7, 11) is 3.00. The molecule has 8 heteroatoms. The molecular weight excluding hydrogens is 452 g/mol. The molecule has 1 amide bonds. The molecule has 0 fully saturated rings. The summed E-state index contributed by atoms with van der Waals surface area (Å²) in [6.45, 7) is 2.13. The highest BCUT2D eigenvalue weighted by molar-refractivity contribution is 6.31. The van der Waals surface area contributed by atoms with Crippen LogP contribution in [0.5, 0.6) is 11.5 Å². The van der Waals surface area contributed by atoms with Crippen LogP contribution in [0.2, 0.25) is 5.02 Å². The lowest BCUT2D eigenvalue weighted by Gasteiger charge is -2.16. The van der Waals surface area contributed by atoms with Crippen molar-refractivity contribution in [3.63, 3.8) is 0 Å². The van der Waals surface area contributed by atoms with Crippen LogP contribution in [0, 0.1) is 0 Å². The predicted molar refractivity (Wildman–Crippen MR) is 134 cm³/mol. The number of rotatable bonds is 8.